The van der Waals surface area contributed by atoms with Gasteiger partial charge in [-0.25, -0.2) is 0 Å². The fraction of sp³-hybridized carbons (Fsp3) is 0.455. The highest BCUT2D eigenvalue weighted by Gasteiger charge is 2.37. The molecule has 7 heteroatoms. The van der Waals surface area contributed by atoms with Crippen molar-refractivity contribution in [3.8, 4) is 0 Å². The van der Waals surface area contributed by atoms with E-state index in [1.807, 2.05) is 0 Å². The van der Waals surface area contributed by atoms with E-state index in [4.69, 9.17) is 0 Å². The molecule has 0 aromatic heterocycles. The zero-order valence-corrected chi connectivity index (χ0v) is 8.99. The zero-order valence-electron chi connectivity index (χ0n) is 8.99. The first kappa shape index (κ1) is 13.2. The van der Waals surface area contributed by atoms with Crippen LogP contribution in [0.2, 0.25) is 0 Å². The predicted molar refractivity (Wildman–Crippen MR) is 51.8 cm³/mol. The largest absolute Gasteiger partial charge is 0.416 e. The van der Waals surface area contributed by atoms with Crippen LogP contribution in [-0.4, -0.2) is 6.54 Å². The van der Waals surface area contributed by atoms with Crippen LogP contribution in [0.25, 0.3) is 0 Å². The van der Waals surface area contributed by atoms with Crippen LogP contribution in [0.5, 0.6) is 0 Å². The Morgan fingerprint density at radius 2 is 1.33 bits per heavy atom. The van der Waals surface area contributed by atoms with Crippen molar-refractivity contribution in [3.63, 3.8) is 0 Å². The molecule has 1 aliphatic rings. The van der Waals surface area contributed by atoms with Gasteiger partial charge < -0.3 is 5.32 Å². The molecule has 1 heterocycles. The van der Waals surface area contributed by atoms with Crippen molar-refractivity contribution in [2.45, 2.75) is 24.8 Å². The van der Waals surface area contributed by atoms with Gasteiger partial charge in [0, 0.05) is 6.04 Å². The van der Waals surface area contributed by atoms with Crippen molar-refractivity contribution in [2.75, 3.05) is 6.54 Å². The number of rotatable bonds is 1. The molecule has 100 valence electrons. The van der Waals surface area contributed by atoms with Gasteiger partial charge in [-0.05, 0) is 36.7 Å². The van der Waals surface area contributed by atoms with Gasteiger partial charge in [0.25, 0.3) is 0 Å². The van der Waals surface area contributed by atoms with E-state index >= 15 is 0 Å². The molecular formula is C11H9F6N. The molecular weight excluding hydrogens is 260 g/mol. The Morgan fingerprint density at radius 1 is 0.889 bits per heavy atom. The number of hydrogen-bond acceptors (Lipinski definition) is 1. The van der Waals surface area contributed by atoms with Gasteiger partial charge in [0.15, 0.2) is 0 Å². The lowest BCUT2D eigenvalue weighted by Crippen LogP contribution is -2.35. The second-order valence-corrected chi connectivity index (χ2v) is 4.13. The molecule has 0 bridgehead atoms. The first-order valence-electron chi connectivity index (χ1n) is 5.21. The van der Waals surface area contributed by atoms with Crippen LogP contribution in [0.15, 0.2) is 18.2 Å². The van der Waals surface area contributed by atoms with Crippen molar-refractivity contribution in [2.24, 2.45) is 0 Å². The average molecular weight is 269 g/mol. The smallest absolute Gasteiger partial charge is 0.310 e. The van der Waals surface area contributed by atoms with Gasteiger partial charge in [-0.15, -0.1) is 0 Å². The van der Waals surface area contributed by atoms with E-state index in [1.165, 1.54) is 0 Å². The van der Waals surface area contributed by atoms with Gasteiger partial charge in [0.2, 0.25) is 0 Å². The van der Waals surface area contributed by atoms with E-state index in [1.54, 1.807) is 0 Å². The topological polar surface area (TPSA) is 12.0 Å². The van der Waals surface area contributed by atoms with Crippen LogP contribution < -0.4 is 5.32 Å². The van der Waals surface area contributed by atoms with Crippen molar-refractivity contribution in [3.05, 3.63) is 34.9 Å². The van der Waals surface area contributed by atoms with Gasteiger partial charge in [0.1, 0.15) is 0 Å². The standard InChI is InChI=1S/C11H9F6N/c12-10(13,14)7-3-6(9-1-2-18-9)4-8(5-7)11(15,16)17/h3-5,9,18H,1-2H2/t9-/m1/s1. The fourth-order valence-electron chi connectivity index (χ4n) is 1.75. The third-order valence-corrected chi connectivity index (χ3v) is 2.84. The molecule has 1 aromatic carbocycles. The van der Waals surface area contributed by atoms with Gasteiger partial charge >= 0.3 is 12.4 Å². The van der Waals surface area contributed by atoms with E-state index in [0.717, 1.165) is 12.1 Å². The lowest BCUT2D eigenvalue weighted by atomic mass is 9.94. The monoisotopic (exact) mass is 269 g/mol. The minimum absolute atomic E-state index is 0.0309. The molecule has 18 heavy (non-hydrogen) atoms. The van der Waals surface area contributed by atoms with Crippen molar-refractivity contribution < 1.29 is 26.3 Å². The first-order valence-corrected chi connectivity index (χ1v) is 5.21. The van der Waals surface area contributed by atoms with Gasteiger partial charge in [0.05, 0.1) is 11.1 Å². The summed E-state index contributed by atoms with van der Waals surface area (Å²) in [7, 11) is 0. The molecule has 1 aromatic rings. The highest BCUT2D eigenvalue weighted by atomic mass is 19.4. The summed E-state index contributed by atoms with van der Waals surface area (Å²) in [5.41, 5.74) is -2.49. The van der Waals surface area contributed by atoms with Crippen LogP contribution in [0.3, 0.4) is 0 Å². The van der Waals surface area contributed by atoms with Gasteiger partial charge in [-0.1, -0.05) is 0 Å². The lowest BCUT2D eigenvalue weighted by molar-refractivity contribution is -0.143. The number of hydrogen-bond donors (Lipinski definition) is 1. The van der Waals surface area contributed by atoms with Crippen molar-refractivity contribution >= 4 is 0 Å². The summed E-state index contributed by atoms with van der Waals surface area (Å²) in [4.78, 5) is 0. The number of nitrogens with one attached hydrogen (secondary N) is 1. The summed E-state index contributed by atoms with van der Waals surface area (Å²) >= 11 is 0. The molecule has 1 nitrogen and oxygen atoms in total. The summed E-state index contributed by atoms with van der Waals surface area (Å²) in [6.07, 6.45) is -9.02. The summed E-state index contributed by atoms with van der Waals surface area (Å²) in [6.45, 7) is 0.599. The molecule has 1 aliphatic heterocycles. The summed E-state index contributed by atoms with van der Waals surface area (Å²) in [5, 5.41) is 2.78. The number of halogens is 6. The second-order valence-electron chi connectivity index (χ2n) is 4.13. The van der Waals surface area contributed by atoms with Crippen LogP contribution in [0.1, 0.15) is 29.2 Å². The van der Waals surface area contributed by atoms with E-state index in [9.17, 15) is 26.3 Å². The van der Waals surface area contributed by atoms with Gasteiger partial charge in [-0.3, -0.25) is 0 Å². The summed E-state index contributed by atoms with van der Waals surface area (Å²) in [6, 6.07) is 1.26. The van der Waals surface area contributed by atoms with E-state index < -0.39 is 29.5 Å². The molecule has 0 spiro atoms. The minimum Gasteiger partial charge on any atom is -0.310 e. The zero-order chi connectivity index (χ0) is 13.6. The minimum atomic E-state index is -4.78. The second kappa shape index (κ2) is 4.15. The highest BCUT2D eigenvalue weighted by Crippen LogP contribution is 2.38. The maximum atomic E-state index is 12.5. The van der Waals surface area contributed by atoms with E-state index in [-0.39, 0.29) is 11.6 Å². The van der Waals surface area contributed by atoms with Gasteiger partial charge in [-0.2, -0.15) is 26.3 Å². The third kappa shape index (κ3) is 2.60. The van der Waals surface area contributed by atoms with Crippen LogP contribution >= 0.6 is 0 Å². The van der Waals surface area contributed by atoms with Crippen molar-refractivity contribution in [1.82, 2.24) is 5.32 Å². The number of alkyl halides is 6. The molecule has 1 N–H and O–H groups in total. The molecule has 0 amide bonds. The predicted octanol–water partition coefficient (Wildman–Crippen LogP) is 3.76. The Balaban J connectivity index is 2.48. The molecule has 0 unspecified atom stereocenters. The molecule has 2 rings (SSSR count). The van der Waals surface area contributed by atoms with Crippen molar-refractivity contribution in [1.29, 1.82) is 0 Å². The normalized spacial score (nSPS) is 20.7. The molecule has 1 fully saturated rings. The quantitative estimate of drug-likeness (QED) is 0.765. The Bertz CT molecular complexity index is 412. The summed E-state index contributed by atoms with van der Waals surface area (Å²) in [5.74, 6) is 0. The maximum absolute atomic E-state index is 12.5. The highest BCUT2D eigenvalue weighted by molar-refractivity contribution is 5.35. The van der Waals surface area contributed by atoms with Crippen LogP contribution in [0, 0.1) is 0 Å². The fourth-order valence-corrected chi connectivity index (χ4v) is 1.75. The molecule has 0 radical (unpaired) electrons. The Morgan fingerprint density at radius 3 is 1.61 bits per heavy atom. The Labute approximate surface area is 98.8 Å². The SMILES string of the molecule is FC(F)(F)c1cc([C@H]2CCN2)cc(C(F)(F)F)c1. The first-order chi connectivity index (χ1) is 8.18. The lowest BCUT2D eigenvalue weighted by Gasteiger charge is -2.29. The molecule has 0 saturated carbocycles. The molecule has 0 aliphatic carbocycles. The molecule has 1 atom stereocenters. The third-order valence-electron chi connectivity index (χ3n) is 2.84. The molecule has 1 saturated heterocycles. The van der Waals surface area contributed by atoms with E-state index in [0.29, 0.717) is 13.0 Å². The Kier molecular flexibility index (Phi) is 3.04. The van der Waals surface area contributed by atoms with Crippen LogP contribution in [-0.2, 0) is 12.4 Å². The maximum Gasteiger partial charge on any atom is 0.416 e. The Hall–Kier alpha value is -1.24. The van der Waals surface area contributed by atoms with Crippen LogP contribution in [0.4, 0.5) is 26.3 Å². The average Bonchev–Trinajstić information content (AvgIpc) is 2.11. The number of benzene rings is 1. The summed E-state index contributed by atoms with van der Waals surface area (Å²) < 4.78 is 75.2. The van der Waals surface area contributed by atoms with E-state index in [2.05, 4.69) is 5.32 Å².